The summed E-state index contributed by atoms with van der Waals surface area (Å²) in [5, 5.41) is 9.38. The first kappa shape index (κ1) is 23.5. The number of nitrogens with zero attached hydrogens (tertiary/aromatic N) is 2. The molecule has 1 fully saturated rings. The van der Waals surface area contributed by atoms with Crippen LogP contribution in [0.5, 0.6) is 0 Å². The predicted octanol–water partition coefficient (Wildman–Crippen LogP) is 3.75. The molecule has 4 rings (SSSR count). The molecule has 3 atom stereocenters. The van der Waals surface area contributed by atoms with Crippen LogP contribution in [-0.4, -0.2) is 41.2 Å². The highest BCUT2D eigenvalue weighted by Gasteiger charge is 2.32. The van der Waals surface area contributed by atoms with Gasteiger partial charge >= 0.3 is 0 Å². The van der Waals surface area contributed by atoms with Gasteiger partial charge in [-0.25, -0.2) is 0 Å². The maximum atomic E-state index is 9.38. The van der Waals surface area contributed by atoms with E-state index in [2.05, 4.69) is 23.0 Å². The molecule has 6 nitrogen and oxygen atoms in total. The monoisotopic (exact) mass is 447 g/mol. The molecule has 33 heavy (non-hydrogen) atoms. The summed E-state index contributed by atoms with van der Waals surface area (Å²) in [7, 11) is 2.12. The molecule has 1 aliphatic rings. The maximum Gasteiger partial charge on any atom is 0.184 e. The summed E-state index contributed by atoms with van der Waals surface area (Å²) >= 11 is 0. The Bertz CT molecular complexity index is 924. The first-order valence-corrected chi connectivity index (χ1v) is 11.5. The summed E-state index contributed by atoms with van der Waals surface area (Å²) in [5.41, 5.74) is 10.9. The zero-order valence-corrected chi connectivity index (χ0v) is 19.1. The van der Waals surface area contributed by atoms with E-state index in [9.17, 15) is 5.11 Å². The normalized spacial score (nSPS) is 20.8. The van der Waals surface area contributed by atoms with E-state index in [0.29, 0.717) is 6.54 Å². The van der Waals surface area contributed by atoms with Gasteiger partial charge < -0.3 is 25.2 Å². The molecule has 1 aromatic heterocycles. The van der Waals surface area contributed by atoms with Gasteiger partial charge in [0.2, 0.25) is 0 Å². The lowest BCUT2D eigenvalue weighted by Crippen LogP contribution is -2.38. The van der Waals surface area contributed by atoms with Crippen molar-refractivity contribution in [1.29, 1.82) is 0 Å². The van der Waals surface area contributed by atoms with Crippen LogP contribution >= 0.6 is 0 Å². The number of aliphatic hydroxyl groups excluding tert-OH is 1. The Labute approximate surface area is 196 Å². The van der Waals surface area contributed by atoms with Crippen LogP contribution in [0.1, 0.15) is 46.8 Å². The SMILES string of the molecule is CN(CCc1ccccn1)CC1CC(c2ccc(CO)cc2)OC(c2ccc(CN)cc2)O1. The van der Waals surface area contributed by atoms with Crippen LogP contribution in [0.25, 0.3) is 0 Å². The Hall–Kier alpha value is -2.61. The number of hydrogen-bond acceptors (Lipinski definition) is 6. The topological polar surface area (TPSA) is 80.8 Å². The van der Waals surface area contributed by atoms with Gasteiger partial charge in [0.25, 0.3) is 0 Å². The Balaban J connectivity index is 1.46. The number of benzene rings is 2. The molecule has 0 spiro atoms. The number of likely N-dealkylation sites (N-methyl/N-ethyl adjacent to an activating group) is 1. The largest absolute Gasteiger partial charge is 0.392 e. The van der Waals surface area contributed by atoms with Gasteiger partial charge in [-0.05, 0) is 35.9 Å². The molecule has 2 aromatic carbocycles. The van der Waals surface area contributed by atoms with Crippen LogP contribution < -0.4 is 5.73 Å². The molecule has 1 aliphatic heterocycles. The Morgan fingerprint density at radius 3 is 2.36 bits per heavy atom. The second-order valence-electron chi connectivity index (χ2n) is 8.63. The third-order valence-corrected chi connectivity index (χ3v) is 6.09. The highest BCUT2D eigenvalue weighted by molar-refractivity contribution is 5.26. The first-order chi connectivity index (χ1) is 16.1. The fourth-order valence-electron chi connectivity index (χ4n) is 4.13. The lowest BCUT2D eigenvalue weighted by atomic mass is 9.99. The zero-order chi connectivity index (χ0) is 23.0. The lowest BCUT2D eigenvalue weighted by molar-refractivity contribution is -0.252. The van der Waals surface area contributed by atoms with Crippen molar-refractivity contribution in [3.63, 3.8) is 0 Å². The van der Waals surface area contributed by atoms with Crippen LogP contribution in [0.3, 0.4) is 0 Å². The van der Waals surface area contributed by atoms with Gasteiger partial charge in [0.05, 0.1) is 18.8 Å². The molecule has 0 radical (unpaired) electrons. The van der Waals surface area contributed by atoms with E-state index >= 15 is 0 Å². The van der Waals surface area contributed by atoms with Gasteiger partial charge in [-0.2, -0.15) is 0 Å². The van der Waals surface area contributed by atoms with E-state index < -0.39 is 6.29 Å². The third kappa shape index (κ3) is 6.47. The second-order valence-corrected chi connectivity index (χ2v) is 8.63. The average molecular weight is 448 g/mol. The minimum absolute atomic E-state index is 0.0224. The predicted molar refractivity (Wildman–Crippen MR) is 128 cm³/mol. The van der Waals surface area contributed by atoms with E-state index in [1.54, 1.807) is 0 Å². The molecular weight excluding hydrogens is 414 g/mol. The molecule has 3 aromatic rings. The first-order valence-electron chi connectivity index (χ1n) is 11.5. The molecule has 174 valence electrons. The summed E-state index contributed by atoms with van der Waals surface area (Å²) in [6.45, 7) is 2.26. The summed E-state index contributed by atoms with van der Waals surface area (Å²) in [6, 6.07) is 22.1. The highest BCUT2D eigenvalue weighted by atomic mass is 16.7. The fraction of sp³-hybridized carbons (Fsp3) is 0.370. The van der Waals surface area contributed by atoms with Gasteiger partial charge in [-0.15, -0.1) is 0 Å². The molecule has 0 saturated carbocycles. The number of ether oxygens (including phenoxy) is 2. The van der Waals surface area contributed by atoms with Crippen LogP contribution in [-0.2, 0) is 29.0 Å². The number of aliphatic hydroxyl groups is 1. The van der Waals surface area contributed by atoms with Crippen LogP contribution in [0.4, 0.5) is 0 Å². The minimum atomic E-state index is -0.442. The molecule has 2 heterocycles. The van der Waals surface area contributed by atoms with Crippen LogP contribution in [0.15, 0.2) is 72.9 Å². The van der Waals surface area contributed by atoms with E-state index in [4.69, 9.17) is 15.2 Å². The summed E-state index contributed by atoms with van der Waals surface area (Å²) < 4.78 is 12.8. The van der Waals surface area contributed by atoms with Crippen molar-refractivity contribution in [3.8, 4) is 0 Å². The van der Waals surface area contributed by atoms with Crippen molar-refractivity contribution < 1.29 is 14.6 Å². The zero-order valence-electron chi connectivity index (χ0n) is 19.1. The molecule has 0 amide bonds. The fourth-order valence-corrected chi connectivity index (χ4v) is 4.13. The van der Waals surface area contributed by atoms with Crippen molar-refractivity contribution in [2.24, 2.45) is 5.73 Å². The minimum Gasteiger partial charge on any atom is -0.392 e. The maximum absolute atomic E-state index is 9.38. The van der Waals surface area contributed by atoms with Gasteiger partial charge in [0.15, 0.2) is 6.29 Å². The number of nitrogens with two attached hydrogens (primary N) is 1. The number of rotatable bonds is 9. The molecular formula is C27H33N3O3. The van der Waals surface area contributed by atoms with Gasteiger partial charge in [-0.3, -0.25) is 4.98 Å². The molecule has 3 unspecified atom stereocenters. The number of pyridine rings is 1. The van der Waals surface area contributed by atoms with Gasteiger partial charge in [-0.1, -0.05) is 54.6 Å². The summed E-state index contributed by atoms with van der Waals surface area (Å²) in [5.74, 6) is 0. The van der Waals surface area contributed by atoms with E-state index in [1.165, 1.54) is 0 Å². The van der Waals surface area contributed by atoms with E-state index in [0.717, 1.165) is 53.9 Å². The van der Waals surface area contributed by atoms with E-state index in [1.807, 2.05) is 66.9 Å². The standard InChI is InChI=1S/C27H33N3O3/c1-30(15-13-24-4-2-3-14-29-24)18-25-16-26(22-9-7-21(19-31)8-10-22)33-27(32-25)23-11-5-20(17-28)6-12-23/h2-12,14,25-27,31H,13,15-19,28H2,1H3. The summed E-state index contributed by atoms with van der Waals surface area (Å²) in [6.07, 6.45) is 3.00. The molecule has 0 aliphatic carbocycles. The number of hydrogen-bond donors (Lipinski definition) is 2. The van der Waals surface area contributed by atoms with Gasteiger partial charge in [0.1, 0.15) is 0 Å². The van der Waals surface area contributed by atoms with Crippen molar-refractivity contribution >= 4 is 0 Å². The van der Waals surface area contributed by atoms with Crippen molar-refractivity contribution in [3.05, 3.63) is 101 Å². The number of aromatic nitrogens is 1. The van der Waals surface area contributed by atoms with E-state index in [-0.39, 0.29) is 18.8 Å². The highest BCUT2D eigenvalue weighted by Crippen LogP contribution is 2.38. The Morgan fingerprint density at radius 2 is 1.70 bits per heavy atom. The average Bonchev–Trinajstić information content (AvgIpc) is 2.88. The van der Waals surface area contributed by atoms with Gasteiger partial charge in [0, 0.05) is 49.9 Å². The molecule has 1 saturated heterocycles. The van der Waals surface area contributed by atoms with Crippen LogP contribution in [0, 0.1) is 0 Å². The van der Waals surface area contributed by atoms with Crippen molar-refractivity contribution in [2.45, 2.75) is 44.5 Å². The second kappa shape index (κ2) is 11.5. The third-order valence-electron chi connectivity index (χ3n) is 6.09. The smallest absolute Gasteiger partial charge is 0.184 e. The molecule has 3 N–H and O–H groups in total. The summed E-state index contributed by atoms with van der Waals surface area (Å²) in [4.78, 5) is 6.72. The van der Waals surface area contributed by atoms with Crippen LogP contribution in [0.2, 0.25) is 0 Å². The molecule has 0 bridgehead atoms. The Morgan fingerprint density at radius 1 is 0.970 bits per heavy atom. The molecule has 6 heteroatoms. The lowest BCUT2D eigenvalue weighted by Gasteiger charge is -2.38. The van der Waals surface area contributed by atoms with Crippen molar-refractivity contribution in [2.75, 3.05) is 20.1 Å². The van der Waals surface area contributed by atoms with Crippen molar-refractivity contribution in [1.82, 2.24) is 9.88 Å². The Kier molecular flexibility index (Phi) is 8.20. The quantitative estimate of drug-likeness (QED) is 0.520.